The summed E-state index contributed by atoms with van der Waals surface area (Å²) in [6, 6.07) is 8.28. The van der Waals surface area contributed by atoms with Crippen molar-refractivity contribution in [3.63, 3.8) is 0 Å². The molecule has 0 saturated carbocycles. The minimum Gasteiger partial charge on any atom is -0.355 e. The average Bonchev–Trinajstić information content (AvgIpc) is 3.55. The van der Waals surface area contributed by atoms with Gasteiger partial charge in [-0.2, -0.15) is 0 Å². The predicted octanol–water partition coefficient (Wildman–Crippen LogP) is 5.07. The van der Waals surface area contributed by atoms with E-state index >= 15 is 0 Å². The van der Waals surface area contributed by atoms with Crippen LogP contribution in [-0.4, -0.2) is 37.4 Å². The third-order valence-corrected chi connectivity index (χ3v) is 9.52. The van der Waals surface area contributed by atoms with E-state index in [1.807, 2.05) is 31.6 Å². The van der Waals surface area contributed by atoms with E-state index in [0.29, 0.717) is 5.02 Å². The number of anilines is 1. The van der Waals surface area contributed by atoms with E-state index in [9.17, 15) is 0 Å². The Hall–Kier alpha value is -2.94. The van der Waals surface area contributed by atoms with Crippen molar-refractivity contribution in [2.24, 2.45) is 11.1 Å². The SMILES string of the molecule is Cc1nccc(Sc2ccc3nc(N4CCC5(CC4)Cc4ccncc4[C@H]5N)c4cnc2n34)c1Cl. The number of nitrogens with two attached hydrogens (primary N) is 1. The van der Waals surface area contributed by atoms with Crippen molar-refractivity contribution >= 4 is 46.0 Å². The van der Waals surface area contributed by atoms with Crippen LogP contribution >= 0.6 is 23.4 Å². The maximum Gasteiger partial charge on any atom is 0.157 e. The number of halogens is 1. The molecule has 1 aliphatic heterocycles. The number of rotatable bonds is 3. The number of hydrogen-bond donors (Lipinski definition) is 1. The molecule has 176 valence electrons. The lowest BCUT2D eigenvalue weighted by Gasteiger charge is -2.42. The minimum atomic E-state index is 0.0565. The molecule has 1 aliphatic carbocycles. The van der Waals surface area contributed by atoms with Crippen molar-refractivity contribution < 1.29 is 0 Å². The van der Waals surface area contributed by atoms with Gasteiger partial charge >= 0.3 is 0 Å². The second-order valence-corrected chi connectivity index (χ2v) is 11.1. The molecule has 2 aliphatic rings. The summed E-state index contributed by atoms with van der Waals surface area (Å²) in [6.45, 7) is 3.79. The van der Waals surface area contributed by atoms with E-state index in [1.54, 1.807) is 18.0 Å². The van der Waals surface area contributed by atoms with Crippen molar-refractivity contribution in [1.82, 2.24) is 24.3 Å². The number of aromatic nitrogens is 5. The zero-order chi connectivity index (χ0) is 23.7. The lowest BCUT2D eigenvalue weighted by molar-refractivity contribution is 0.187. The van der Waals surface area contributed by atoms with Gasteiger partial charge in [0.25, 0.3) is 0 Å². The summed E-state index contributed by atoms with van der Waals surface area (Å²) in [5.41, 5.74) is 13.1. The highest BCUT2D eigenvalue weighted by Gasteiger charge is 2.46. The van der Waals surface area contributed by atoms with E-state index in [4.69, 9.17) is 27.3 Å². The standard InChI is InChI=1S/C26H24ClN7S/c1-15-22(27)19(5-9-30-15)35-20-2-3-21-32-24(18-14-31-25(20)34(18)21)33-10-6-26(7-11-33)12-16-4-8-29-13-17(16)23(26)28/h2-5,8-9,13-14,23H,6-7,10-12,28H2,1H3/t23-/m1/s1. The van der Waals surface area contributed by atoms with Gasteiger partial charge in [0.2, 0.25) is 0 Å². The molecule has 0 amide bonds. The van der Waals surface area contributed by atoms with Gasteiger partial charge in [-0.15, -0.1) is 0 Å². The first-order valence-electron chi connectivity index (χ1n) is 11.9. The van der Waals surface area contributed by atoms with Gasteiger partial charge in [0.1, 0.15) is 11.2 Å². The first kappa shape index (κ1) is 21.4. The third-order valence-electron chi connectivity index (χ3n) is 7.83. The van der Waals surface area contributed by atoms with Crippen molar-refractivity contribution in [3.05, 3.63) is 70.9 Å². The Morgan fingerprint density at radius 3 is 2.74 bits per heavy atom. The molecule has 0 aromatic carbocycles. The van der Waals surface area contributed by atoms with Gasteiger partial charge in [-0.25, -0.2) is 9.97 Å². The van der Waals surface area contributed by atoms with Crippen LogP contribution in [0.15, 0.2) is 58.8 Å². The Morgan fingerprint density at radius 2 is 1.91 bits per heavy atom. The van der Waals surface area contributed by atoms with Crippen molar-refractivity contribution in [2.45, 2.75) is 42.0 Å². The van der Waals surface area contributed by atoms with E-state index in [2.05, 4.69) is 37.5 Å². The Kier molecular flexibility index (Phi) is 4.75. The third kappa shape index (κ3) is 3.16. The van der Waals surface area contributed by atoms with Crippen LogP contribution in [-0.2, 0) is 6.42 Å². The molecule has 35 heavy (non-hydrogen) atoms. The highest BCUT2D eigenvalue weighted by molar-refractivity contribution is 7.99. The number of nitrogens with zero attached hydrogens (tertiary/aromatic N) is 6. The molecule has 6 heterocycles. The maximum absolute atomic E-state index is 6.75. The van der Waals surface area contributed by atoms with Crippen LogP contribution in [0.5, 0.6) is 0 Å². The highest BCUT2D eigenvalue weighted by atomic mass is 35.5. The Balaban J connectivity index is 1.18. The lowest BCUT2D eigenvalue weighted by atomic mass is 9.73. The van der Waals surface area contributed by atoms with Crippen LogP contribution < -0.4 is 10.6 Å². The molecule has 1 spiro atoms. The summed E-state index contributed by atoms with van der Waals surface area (Å²) >= 11 is 8.12. The monoisotopic (exact) mass is 501 g/mol. The van der Waals surface area contributed by atoms with Gasteiger partial charge in [-0.1, -0.05) is 23.4 Å². The molecule has 5 aromatic heterocycles. The molecule has 0 bridgehead atoms. The van der Waals surface area contributed by atoms with Crippen LogP contribution in [0, 0.1) is 12.3 Å². The van der Waals surface area contributed by atoms with Gasteiger partial charge in [-0.05, 0) is 67.0 Å². The zero-order valence-corrected chi connectivity index (χ0v) is 20.9. The van der Waals surface area contributed by atoms with Crippen molar-refractivity contribution in [1.29, 1.82) is 0 Å². The molecule has 7 rings (SSSR count). The fourth-order valence-electron chi connectivity index (χ4n) is 5.85. The van der Waals surface area contributed by atoms with Crippen molar-refractivity contribution in [3.8, 4) is 0 Å². The van der Waals surface area contributed by atoms with Crippen LogP contribution in [0.2, 0.25) is 5.02 Å². The van der Waals surface area contributed by atoms with Gasteiger partial charge in [0.05, 0.1) is 21.8 Å². The normalized spacial score (nSPS) is 19.3. The van der Waals surface area contributed by atoms with E-state index in [0.717, 1.165) is 70.5 Å². The molecule has 1 fully saturated rings. The number of piperidine rings is 1. The van der Waals surface area contributed by atoms with Crippen LogP contribution in [0.4, 0.5) is 5.82 Å². The van der Waals surface area contributed by atoms with Gasteiger partial charge in [0.15, 0.2) is 11.5 Å². The second-order valence-electron chi connectivity index (χ2n) is 9.68. The number of fused-ring (bicyclic) bond motifs is 1. The fraction of sp³-hybridized carbons (Fsp3) is 0.308. The second kappa shape index (κ2) is 7.78. The summed E-state index contributed by atoms with van der Waals surface area (Å²) in [7, 11) is 0. The average molecular weight is 502 g/mol. The molecule has 0 radical (unpaired) electrons. The predicted molar refractivity (Wildman–Crippen MR) is 139 cm³/mol. The molecular weight excluding hydrogens is 478 g/mol. The van der Waals surface area contributed by atoms with E-state index in [-0.39, 0.29) is 11.5 Å². The molecule has 0 unspecified atom stereocenters. The Bertz CT molecular complexity index is 1570. The summed E-state index contributed by atoms with van der Waals surface area (Å²) in [5, 5.41) is 0.684. The number of aryl methyl sites for hydroxylation is 1. The largest absolute Gasteiger partial charge is 0.355 e. The molecule has 2 N–H and O–H groups in total. The number of pyridine rings is 3. The summed E-state index contributed by atoms with van der Waals surface area (Å²) < 4.78 is 2.16. The number of imidazole rings is 2. The smallest absolute Gasteiger partial charge is 0.157 e. The number of hydrogen-bond acceptors (Lipinski definition) is 7. The van der Waals surface area contributed by atoms with Gasteiger partial charge in [0, 0.05) is 42.6 Å². The van der Waals surface area contributed by atoms with E-state index < -0.39 is 0 Å². The van der Waals surface area contributed by atoms with Gasteiger partial charge < -0.3 is 10.6 Å². The quantitative estimate of drug-likeness (QED) is 0.369. The molecule has 7 nitrogen and oxygen atoms in total. The molecule has 1 atom stereocenters. The fourth-order valence-corrected chi connectivity index (χ4v) is 7.05. The zero-order valence-electron chi connectivity index (χ0n) is 19.3. The highest BCUT2D eigenvalue weighted by Crippen LogP contribution is 2.51. The Labute approximate surface area is 212 Å². The van der Waals surface area contributed by atoms with Gasteiger partial charge in [-0.3, -0.25) is 14.4 Å². The van der Waals surface area contributed by atoms with Crippen LogP contribution in [0.25, 0.3) is 16.8 Å². The topological polar surface area (TPSA) is 85.2 Å². The Morgan fingerprint density at radius 1 is 1.06 bits per heavy atom. The van der Waals surface area contributed by atoms with Crippen molar-refractivity contribution in [2.75, 3.05) is 18.0 Å². The molecule has 1 saturated heterocycles. The summed E-state index contributed by atoms with van der Waals surface area (Å²) in [5.74, 6) is 1.01. The van der Waals surface area contributed by atoms with Crippen LogP contribution in [0.3, 0.4) is 0 Å². The summed E-state index contributed by atoms with van der Waals surface area (Å²) in [6.07, 6.45) is 10.7. The molecule has 9 heteroatoms. The minimum absolute atomic E-state index is 0.0565. The van der Waals surface area contributed by atoms with Crippen LogP contribution in [0.1, 0.15) is 35.7 Å². The first-order chi connectivity index (χ1) is 17.0. The lowest BCUT2D eigenvalue weighted by Crippen LogP contribution is -2.44. The van der Waals surface area contributed by atoms with E-state index in [1.165, 1.54) is 11.1 Å². The maximum atomic E-state index is 6.75. The summed E-state index contributed by atoms with van der Waals surface area (Å²) in [4.78, 5) is 22.8. The molecular formula is C26H24ClN7S. The first-order valence-corrected chi connectivity index (χ1v) is 13.1. The molecule has 5 aromatic rings.